The molecule has 0 atom stereocenters. The number of allylic oxidation sites excluding steroid dienone is 2. The number of rotatable bonds is 2. The molecule has 2 fully saturated rings. The molecule has 2 nitrogen and oxygen atoms in total. The summed E-state index contributed by atoms with van der Waals surface area (Å²) in [4.78, 5) is 2.47. The highest BCUT2D eigenvalue weighted by Crippen LogP contribution is 2.26. The van der Waals surface area contributed by atoms with Crippen molar-refractivity contribution < 1.29 is 4.74 Å². The van der Waals surface area contributed by atoms with Crippen molar-refractivity contribution in [2.45, 2.75) is 39.0 Å². The number of hydrogen-bond acceptors (Lipinski definition) is 2. The van der Waals surface area contributed by atoms with Gasteiger partial charge in [-0.2, -0.15) is 0 Å². The number of nitrogens with zero attached hydrogens (tertiary/aromatic N) is 1. The van der Waals surface area contributed by atoms with Crippen LogP contribution in [0.25, 0.3) is 0 Å². The summed E-state index contributed by atoms with van der Waals surface area (Å²) in [5.74, 6) is 0.849. The predicted octanol–water partition coefficient (Wildman–Crippen LogP) is 2.80. The van der Waals surface area contributed by atoms with E-state index >= 15 is 0 Å². The highest BCUT2D eigenvalue weighted by Gasteiger charge is 2.14. The molecule has 0 radical (unpaired) electrons. The molecule has 1 aliphatic carbocycles. The van der Waals surface area contributed by atoms with Crippen molar-refractivity contribution in [3.8, 4) is 0 Å². The predicted molar refractivity (Wildman–Crippen MR) is 62.7 cm³/mol. The van der Waals surface area contributed by atoms with Gasteiger partial charge in [-0.25, -0.2) is 0 Å². The molecule has 1 heterocycles. The fraction of sp³-hybridized carbons (Fsp3) is 0.846. The monoisotopic (exact) mass is 209 g/mol. The standard InChI is InChI=1S/C13H23NO/c1-12(14-7-9-15-10-8-14)11-13-5-3-2-4-6-13/h11,13H,2-10H2,1H3/b12-11+. The van der Waals surface area contributed by atoms with Gasteiger partial charge in [0.25, 0.3) is 0 Å². The molecule has 1 saturated carbocycles. The normalized spacial score (nSPS) is 25.7. The Labute approximate surface area is 93.3 Å². The van der Waals surface area contributed by atoms with E-state index in [2.05, 4.69) is 17.9 Å². The molecule has 0 spiro atoms. The van der Waals surface area contributed by atoms with E-state index in [-0.39, 0.29) is 0 Å². The Kier molecular flexibility index (Phi) is 4.07. The fourth-order valence-electron chi connectivity index (χ4n) is 2.66. The minimum Gasteiger partial charge on any atom is -0.378 e. The average molecular weight is 209 g/mol. The van der Waals surface area contributed by atoms with Gasteiger partial charge in [0.1, 0.15) is 0 Å². The van der Waals surface area contributed by atoms with Gasteiger partial charge in [-0.05, 0) is 25.7 Å². The van der Waals surface area contributed by atoms with Crippen LogP contribution in [0, 0.1) is 5.92 Å². The lowest BCUT2D eigenvalue weighted by molar-refractivity contribution is 0.0533. The Morgan fingerprint density at radius 1 is 1.13 bits per heavy atom. The van der Waals surface area contributed by atoms with Crippen molar-refractivity contribution in [1.29, 1.82) is 0 Å². The average Bonchev–Trinajstić information content (AvgIpc) is 2.31. The Morgan fingerprint density at radius 2 is 1.80 bits per heavy atom. The Balaban J connectivity index is 1.86. The quantitative estimate of drug-likeness (QED) is 0.693. The minimum atomic E-state index is 0.849. The maximum Gasteiger partial charge on any atom is 0.0642 e. The largest absolute Gasteiger partial charge is 0.378 e. The van der Waals surface area contributed by atoms with Crippen molar-refractivity contribution in [3.63, 3.8) is 0 Å². The molecule has 0 aromatic heterocycles. The van der Waals surface area contributed by atoms with Gasteiger partial charge in [-0.15, -0.1) is 0 Å². The van der Waals surface area contributed by atoms with Crippen LogP contribution >= 0.6 is 0 Å². The zero-order valence-corrected chi connectivity index (χ0v) is 9.87. The smallest absolute Gasteiger partial charge is 0.0642 e. The summed E-state index contributed by atoms with van der Waals surface area (Å²) in [5.41, 5.74) is 1.48. The third-order valence-corrected chi connectivity index (χ3v) is 3.64. The van der Waals surface area contributed by atoms with Crippen LogP contribution < -0.4 is 0 Å². The summed E-state index contributed by atoms with van der Waals surface area (Å²) in [5, 5.41) is 0. The molecule has 2 aliphatic rings. The SMILES string of the molecule is C/C(=C\C1CCCCC1)N1CCOCC1. The third-order valence-electron chi connectivity index (χ3n) is 3.64. The number of morpholine rings is 1. The zero-order valence-electron chi connectivity index (χ0n) is 9.87. The van der Waals surface area contributed by atoms with Gasteiger partial charge < -0.3 is 9.64 Å². The lowest BCUT2D eigenvalue weighted by atomic mass is 9.88. The minimum absolute atomic E-state index is 0.849. The van der Waals surface area contributed by atoms with E-state index in [1.165, 1.54) is 37.8 Å². The Morgan fingerprint density at radius 3 is 2.47 bits per heavy atom. The van der Waals surface area contributed by atoms with Crippen molar-refractivity contribution in [2.24, 2.45) is 5.92 Å². The first-order valence-corrected chi connectivity index (χ1v) is 6.37. The van der Waals surface area contributed by atoms with Gasteiger partial charge in [0.15, 0.2) is 0 Å². The maximum absolute atomic E-state index is 5.37. The van der Waals surface area contributed by atoms with Gasteiger partial charge in [0.05, 0.1) is 13.2 Å². The molecule has 0 N–H and O–H groups in total. The van der Waals surface area contributed by atoms with E-state index in [4.69, 9.17) is 4.74 Å². The van der Waals surface area contributed by atoms with E-state index in [1.54, 1.807) is 0 Å². The van der Waals surface area contributed by atoms with Crippen molar-refractivity contribution in [1.82, 2.24) is 4.90 Å². The summed E-state index contributed by atoms with van der Waals surface area (Å²) < 4.78 is 5.37. The lowest BCUT2D eigenvalue weighted by Gasteiger charge is -2.30. The van der Waals surface area contributed by atoms with Gasteiger partial charge in [0.2, 0.25) is 0 Å². The summed E-state index contributed by atoms with van der Waals surface area (Å²) in [6.45, 7) is 6.22. The molecule has 0 amide bonds. The lowest BCUT2D eigenvalue weighted by Crippen LogP contribution is -2.35. The molecule has 86 valence electrons. The van der Waals surface area contributed by atoms with Crippen LogP contribution in [0.2, 0.25) is 0 Å². The molecule has 1 saturated heterocycles. The molecule has 1 aliphatic heterocycles. The number of ether oxygens (including phenoxy) is 1. The summed E-state index contributed by atoms with van der Waals surface area (Å²) in [6, 6.07) is 0. The Hall–Kier alpha value is -0.500. The van der Waals surface area contributed by atoms with E-state index < -0.39 is 0 Å². The van der Waals surface area contributed by atoms with Crippen LogP contribution in [0.15, 0.2) is 11.8 Å². The van der Waals surface area contributed by atoms with Gasteiger partial charge in [-0.1, -0.05) is 25.3 Å². The molecular formula is C13H23NO. The van der Waals surface area contributed by atoms with Gasteiger partial charge in [0, 0.05) is 18.8 Å². The molecule has 2 heteroatoms. The van der Waals surface area contributed by atoms with Crippen LogP contribution in [0.3, 0.4) is 0 Å². The first-order valence-electron chi connectivity index (χ1n) is 6.37. The van der Waals surface area contributed by atoms with E-state index in [0.29, 0.717) is 0 Å². The highest BCUT2D eigenvalue weighted by molar-refractivity contribution is 5.02. The van der Waals surface area contributed by atoms with Crippen LogP contribution in [-0.2, 0) is 4.74 Å². The Bertz CT molecular complexity index is 213. The van der Waals surface area contributed by atoms with Crippen LogP contribution in [-0.4, -0.2) is 31.2 Å². The van der Waals surface area contributed by atoms with Crippen molar-refractivity contribution >= 4 is 0 Å². The summed E-state index contributed by atoms with van der Waals surface area (Å²) >= 11 is 0. The molecule has 2 rings (SSSR count). The van der Waals surface area contributed by atoms with Gasteiger partial charge in [-0.3, -0.25) is 0 Å². The molecule has 0 aromatic rings. The first kappa shape index (κ1) is 11.0. The molecule has 15 heavy (non-hydrogen) atoms. The van der Waals surface area contributed by atoms with Crippen LogP contribution in [0.4, 0.5) is 0 Å². The molecule has 0 aromatic carbocycles. The second kappa shape index (κ2) is 5.55. The summed E-state index contributed by atoms with van der Waals surface area (Å²) in [7, 11) is 0. The van der Waals surface area contributed by atoms with E-state index in [1.807, 2.05) is 0 Å². The van der Waals surface area contributed by atoms with E-state index in [0.717, 1.165) is 32.2 Å². The topological polar surface area (TPSA) is 12.5 Å². The van der Waals surface area contributed by atoms with Crippen LogP contribution in [0.1, 0.15) is 39.0 Å². The molecular weight excluding hydrogens is 186 g/mol. The van der Waals surface area contributed by atoms with E-state index in [9.17, 15) is 0 Å². The van der Waals surface area contributed by atoms with Crippen molar-refractivity contribution in [3.05, 3.63) is 11.8 Å². The molecule has 0 bridgehead atoms. The third kappa shape index (κ3) is 3.23. The zero-order chi connectivity index (χ0) is 10.5. The second-order valence-electron chi connectivity index (χ2n) is 4.81. The van der Waals surface area contributed by atoms with Crippen LogP contribution in [0.5, 0.6) is 0 Å². The molecule has 0 unspecified atom stereocenters. The first-order chi connectivity index (χ1) is 7.36. The maximum atomic E-state index is 5.37. The van der Waals surface area contributed by atoms with Gasteiger partial charge >= 0.3 is 0 Å². The fourth-order valence-corrected chi connectivity index (χ4v) is 2.66. The number of hydrogen-bond donors (Lipinski definition) is 0. The summed E-state index contributed by atoms with van der Waals surface area (Å²) in [6.07, 6.45) is 9.61. The van der Waals surface area contributed by atoms with Crippen molar-refractivity contribution in [2.75, 3.05) is 26.3 Å². The highest BCUT2D eigenvalue weighted by atomic mass is 16.5. The second-order valence-corrected chi connectivity index (χ2v) is 4.81.